The number of hydrogen-bond donors (Lipinski definition) is 2. The van der Waals surface area contributed by atoms with Crippen molar-refractivity contribution in [2.24, 2.45) is 5.73 Å². The lowest BCUT2D eigenvalue weighted by molar-refractivity contribution is -0.118. The van der Waals surface area contributed by atoms with Crippen LogP contribution in [0.5, 0.6) is 5.75 Å². The van der Waals surface area contributed by atoms with E-state index in [9.17, 15) is 13.2 Å². The fourth-order valence-electron chi connectivity index (χ4n) is 2.86. The van der Waals surface area contributed by atoms with Crippen molar-refractivity contribution in [2.45, 2.75) is 30.6 Å². The number of fused-ring (bicyclic) bond motifs is 1. The molecule has 0 unspecified atom stereocenters. The Kier molecular flexibility index (Phi) is 4.94. The van der Waals surface area contributed by atoms with E-state index in [0.717, 1.165) is 24.8 Å². The van der Waals surface area contributed by atoms with Gasteiger partial charge in [0.15, 0.2) is 0 Å². The molecule has 1 aliphatic carbocycles. The van der Waals surface area contributed by atoms with E-state index in [1.54, 1.807) is 36.4 Å². The second-order valence-corrected chi connectivity index (χ2v) is 7.63. The zero-order chi connectivity index (χ0) is 17.9. The maximum absolute atomic E-state index is 12.7. The number of benzene rings is 2. The third-order valence-corrected chi connectivity index (χ3v) is 5.48. The molecular weight excluding hydrogens is 340 g/mol. The van der Waals surface area contributed by atoms with E-state index in [1.165, 1.54) is 5.56 Å². The molecule has 3 N–H and O–H groups in total. The van der Waals surface area contributed by atoms with Gasteiger partial charge in [-0.2, -0.15) is 0 Å². The Hall–Kier alpha value is -2.54. The summed E-state index contributed by atoms with van der Waals surface area (Å²) in [5.41, 5.74) is 7.72. The predicted molar refractivity (Wildman–Crippen MR) is 95.0 cm³/mol. The highest BCUT2D eigenvalue weighted by Gasteiger charge is 2.20. The third-order valence-electron chi connectivity index (χ3n) is 4.12. The molecule has 6 nitrogen and oxygen atoms in total. The first-order chi connectivity index (χ1) is 12.0. The number of rotatable bonds is 7. The smallest absolute Gasteiger partial charge is 0.262 e. The average Bonchev–Trinajstić information content (AvgIpc) is 3.03. The maximum atomic E-state index is 12.7. The zero-order valence-corrected chi connectivity index (χ0v) is 14.5. The Morgan fingerprint density at radius 3 is 2.68 bits per heavy atom. The molecule has 7 heteroatoms. The van der Waals surface area contributed by atoms with Crippen LogP contribution in [0.25, 0.3) is 0 Å². The number of nitrogens with one attached hydrogen (secondary N) is 1. The molecule has 0 aromatic heterocycles. The summed E-state index contributed by atoms with van der Waals surface area (Å²) in [6.07, 6.45) is 3.03. The average molecular weight is 360 g/mol. The standard InChI is InChI=1S/C18H20N2O4S/c19-18(21)10-11-24-17-7-2-1-6-16(17)20-25(22,23)15-9-8-13-4-3-5-14(13)12-15/h1-2,6-9,12,20H,3-5,10-11H2,(H2,19,21). The van der Waals surface area contributed by atoms with Crippen molar-refractivity contribution in [3.8, 4) is 5.75 Å². The normalized spacial score (nSPS) is 13.3. The van der Waals surface area contributed by atoms with Gasteiger partial charge in [0.1, 0.15) is 5.75 Å². The van der Waals surface area contributed by atoms with Gasteiger partial charge in [0.25, 0.3) is 10.0 Å². The first-order valence-corrected chi connectivity index (χ1v) is 9.59. The van der Waals surface area contributed by atoms with Gasteiger partial charge in [-0.15, -0.1) is 0 Å². The molecule has 3 rings (SSSR count). The number of nitrogens with two attached hydrogens (primary N) is 1. The summed E-state index contributed by atoms with van der Waals surface area (Å²) in [5, 5.41) is 0. The van der Waals surface area contributed by atoms with Gasteiger partial charge in [-0.25, -0.2) is 8.42 Å². The van der Waals surface area contributed by atoms with E-state index in [0.29, 0.717) is 11.4 Å². The van der Waals surface area contributed by atoms with Gasteiger partial charge in [0, 0.05) is 0 Å². The lowest BCUT2D eigenvalue weighted by atomic mass is 10.1. The topological polar surface area (TPSA) is 98.5 Å². The molecule has 0 saturated heterocycles. The highest BCUT2D eigenvalue weighted by Crippen LogP contribution is 2.29. The van der Waals surface area contributed by atoms with Crippen molar-refractivity contribution < 1.29 is 17.9 Å². The van der Waals surface area contributed by atoms with Gasteiger partial charge in [-0.05, 0) is 54.7 Å². The molecule has 2 aromatic carbocycles. The van der Waals surface area contributed by atoms with Crippen molar-refractivity contribution in [1.82, 2.24) is 0 Å². The molecule has 0 heterocycles. The molecule has 1 aliphatic rings. The summed E-state index contributed by atoms with van der Waals surface area (Å²) in [6.45, 7) is 0.0902. The first-order valence-electron chi connectivity index (χ1n) is 8.10. The van der Waals surface area contributed by atoms with Crippen molar-refractivity contribution in [1.29, 1.82) is 0 Å². The van der Waals surface area contributed by atoms with Crippen LogP contribution >= 0.6 is 0 Å². The quantitative estimate of drug-likeness (QED) is 0.791. The summed E-state index contributed by atoms with van der Waals surface area (Å²) >= 11 is 0. The summed E-state index contributed by atoms with van der Waals surface area (Å²) in [4.78, 5) is 11.0. The zero-order valence-electron chi connectivity index (χ0n) is 13.7. The highest BCUT2D eigenvalue weighted by atomic mass is 32.2. The van der Waals surface area contributed by atoms with Crippen LogP contribution in [0.4, 0.5) is 5.69 Å². The van der Waals surface area contributed by atoms with Gasteiger partial charge in [-0.3, -0.25) is 9.52 Å². The maximum Gasteiger partial charge on any atom is 0.262 e. The number of hydrogen-bond acceptors (Lipinski definition) is 4. The van der Waals surface area contributed by atoms with Gasteiger partial charge in [-0.1, -0.05) is 18.2 Å². The van der Waals surface area contributed by atoms with Crippen LogP contribution in [0.15, 0.2) is 47.4 Å². The Bertz CT molecular complexity index is 894. The van der Waals surface area contributed by atoms with E-state index in [-0.39, 0.29) is 17.9 Å². The van der Waals surface area contributed by atoms with Crippen LogP contribution < -0.4 is 15.2 Å². The predicted octanol–water partition coefficient (Wildman–Crippen LogP) is 2.23. The summed E-state index contributed by atoms with van der Waals surface area (Å²) < 4.78 is 33.4. The molecule has 0 atom stereocenters. The van der Waals surface area contributed by atoms with E-state index in [4.69, 9.17) is 10.5 Å². The number of carbonyl (C=O) groups is 1. The molecule has 0 radical (unpaired) electrons. The Morgan fingerprint density at radius 1 is 1.12 bits per heavy atom. The number of amides is 1. The van der Waals surface area contributed by atoms with Gasteiger partial charge in [0.2, 0.25) is 5.91 Å². The summed E-state index contributed by atoms with van der Waals surface area (Å²) in [7, 11) is -3.72. The minimum atomic E-state index is -3.72. The SMILES string of the molecule is NC(=O)CCOc1ccccc1NS(=O)(=O)c1ccc2c(c1)CCC2. The van der Waals surface area contributed by atoms with Crippen LogP contribution in [0.3, 0.4) is 0 Å². The van der Waals surface area contributed by atoms with Crippen molar-refractivity contribution in [3.05, 3.63) is 53.6 Å². The van der Waals surface area contributed by atoms with Crippen LogP contribution in [0.2, 0.25) is 0 Å². The molecule has 1 amide bonds. The van der Waals surface area contributed by atoms with E-state index in [2.05, 4.69) is 4.72 Å². The van der Waals surface area contributed by atoms with Crippen LogP contribution in [0, 0.1) is 0 Å². The van der Waals surface area contributed by atoms with E-state index < -0.39 is 15.9 Å². The molecule has 0 fully saturated rings. The largest absolute Gasteiger partial charge is 0.491 e. The summed E-state index contributed by atoms with van der Waals surface area (Å²) in [5.74, 6) is -0.121. The number of para-hydroxylation sites is 2. The third kappa shape index (κ3) is 4.11. The number of aryl methyl sites for hydroxylation is 2. The number of primary amides is 1. The molecule has 132 valence electrons. The molecule has 0 bridgehead atoms. The second-order valence-electron chi connectivity index (χ2n) is 5.95. The van der Waals surface area contributed by atoms with Crippen LogP contribution in [-0.2, 0) is 27.7 Å². The number of ether oxygens (including phenoxy) is 1. The number of carbonyl (C=O) groups excluding carboxylic acids is 1. The molecule has 2 aromatic rings. The Balaban J connectivity index is 1.80. The lowest BCUT2D eigenvalue weighted by Gasteiger charge is -2.14. The second kappa shape index (κ2) is 7.14. The Labute approximate surface area is 147 Å². The fraction of sp³-hybridized carbons (Fsp3) is 0.278. The molecule has 0 saturated carbocycles. The van der Waals surface area contributed by atoms with Crippen LogP contribution in [-0.4, -0.2) is 20.9 Å². The minimum Gasteiger partial charge on any atom is -0.491 e. The molecule has 0 aliphatic heterocycles. The monoisotopic (exact) mass is 360 g/mol. The van der Waals surface area contributed by atoms with E-state index >= 15 is 0 Å². The van der Waals surface area contributed by atoms with Crippen molar-refractivity contribution >= 4 is 21.6 Å². The Morgan fingerprint density at radius 2 is 1.88 bits per heavy atom. The van der Waals surface area contributed by atoms with Gasteiger partial charge >= 0.3 is 0 Å². The molecule has 25 heavy (non-hydrogen) atoms. The lowest BCUT2D eigenvalue weighted by Crippen LogP contribution is -2.16. The first kappa shape index (κ1) is 17.3. The molecule has 0 spiro atoms. The van der Waals surface area contributed by atoms with Crippen molar-refractivity contribution in [2.75, 3.05) is 11.3 Å². The highest BCUT2D eigenvalue weighted by molar-refractivity contribution is 7.92. The fourth-order valence-corrected chi connectivity index (χ4v) is 3.98. The number of anilines is 1. The van der Waals surface area contributed by atoms with E-state index in [1.807, 2.05) is 6.07 Å². The van der Waals surface area contributed by atoms with Crippen molar-refractivity contribution in [3.63, 3.8) is 0 Å². The summed E-state index contributed by atoms with van der Waals surface area (Å²) in [6, 6.07) is 11.9. The number of sulfonamides is 1. The van der Waals surface area contributed by atoms with Crippen LogP contribution in [0.1, 0.15) is 24.0 Å². The van der Waals surface area contributed by atoms with Gasteiger partial charge < -0.3 is 10.5 Å². The molecular formula is C18H20N2O4S. The van der Waals surface area contributed by atoms with Gasteiger partial charge in [0.05, 0.1) is 23.6 Å². The minimum absolute atomic E-state index is 0.0614.